The topological polar surface area (TPSA) is 49.6 Å². The van der Waals surface area contributed by atoms with Crippen LogP contribution < -0.4 is 5.73 Å². The zero-order valence-electron chi connectivity index (χ0n) is 11.5. The van der Waals surface area contributed by atoms with Gasteiger partial charge < -0.3 is 15.5 Å². The van der Waals surface area contributed by atoms with Crippen molar-refractivity contribution in [1.29, 1.82) is 0 Å². The molecule has 1 aliphatic rings. The first-order chi connectivity index (χ1) is 8.06. The number of nitrogens with two attached hydrogens (primary N) is 1. The molecular weight excluding hydrogens is 214 g/mol. The number of hydrogen-bond acceptors (Lipinski definition) is 3. The first-order valence-electron chi connectivity index (χ1n) is 6.73. The van der Waals surface area contributed by atoms with E-state index in [1.807, 2.05) is 11.9 Å². The molecule has 1 amide bonds. The Labute approximate surface area is 105 Å². The normalized spacial score (nSPS) is 18.6. The van der Waals surface area contributed by atoms with E-state index < -0.39 is 0 Å². The molecule has 2 N–H and O–H groups in total. The fourth-order valence-corrected chi connectivity index (χ4v) is 2.35. The minimum atomic E-state index is -0.0291. The molecule has 1 heterocycles. The number of nitrogens with zero attached hydrogens (tertiary/aromatic N) is 2. The molecule has 0 saturated carbocycles. The fourth-order valence-electron chi connectivity index (χ4n) is 2.35. The Morgan fingerprint density at radius 2 is 1.94 bits per heavy atom. The van der Waals surface area contributed by atoms with E-state index in [1.54, 1.807) is 0 Å². The molecule has 0 aromatic carbocycles. The van der Waals surface area contributed by atoms with E-state index in [9.17, 15) is 4.79 Å². The smallest absolute Gasteiger partial charge is 0.227 e. The van der Waals surface area contributed by atoms with Crippen molar-refractivity contribution in [3.8, 4) is 0 Å². The maximum Gasteiger partial charge on any atom is 0.227 e. The number of hydrogen-bond donors (Lipinski definition) is 1. The summed E-state index contributed by atoms with van der Waals surface area (Å²) in [6.07, 6.45) is 2.60. The molecule has 1 saturated heterocycles. The lowest BCUT2D eigenvalue weighted by Gasteiger charge is -2.27. The van der Waals surface area contributed by atoms with Gasteiger partial charge in [-0.15, -0.1) is 0 Å². The molecule has 17 heavy (non-hydrogen) atoms. The largest absolute Gasteiger partial charge is 0.344 e. The minimum absolute atomic E-state index is 0.0291. The molecule has 0 bridgehead atoms. The summed E-state index contributed by atoms with van der Waals surface area (Å²) >= 11 is 0. The van der Waals surface area contributed by atoms with Gasteiger partial charge in [-0.25, -0.2) is 0 Å². The molecule has 100 valence electrons. The van der Waals surface area contributed by atoms with Crippen LogP contribution in [0.3, 0.4) is 0 Å². The van der Waals surface area contributed by atoms with E-state index in [0.717, 1.165) is 13.1 Å². The number of likely N-dealkylation sites (tertiary alicyclic amines) is 1. The predicted molar refractivity (Wildman–Crippen MR) is 70.7 cm³/mol. The second-order valence-corrected chi connectivity index (χ2v) is 5.39. The van der Waals surface area contributed by atoms with E-state index in [1.165, 1.54) is 25.9 Å². The summed E-state index contributed by atoms with van der Waals surface area (Å²) in [6.45, 7) is 8.76. The molecule has 4 heteroatoms. The van der Waals surface area contributed by atoms with Gasteiger partial charge in [-0.1, -0.05) is 13.8 Å². The first-order valence-corrected chi connectivity index (χ1v) is 6.73. The molecule has 1 fully saturated rings. The van der Waals surface area contributed by atoms with Crippen LogP contribution >= 0.6 is 0 Å². The van der Waals surface area contributed by atoms with Gasteiger partial charge in [0, 0.05) is 26.7 Å². The van der Waals surface area contributed by atoms with E-state index >= 15 is 0 Å². The number of rotatable bonds is 6. The van der Waals surface area contributed by atoms with Gasteiger partial charge in [-0.3, -0.25) is 4.79 Å². The van der Waals surface area contributed by atoms with E-state index in [2.05, 4.69) is 18.7 Å². The van der Waals surface area contributed by atoms with Gasteiger partial charge in [0.1, 0.15) is 0 Å². The maximum atomic E-state index is 12.1. The highest BCUT2D eigenvalue weighted by molar-refractivity contribution is 5.79. The van der Waals surface area contributed by atoms with Gasteiger partial charge in [0.15, 0.2) is 0 Å². The lowest BCUT2D eigenvalue weighted by molar-refractivity contribution is -0.135. The Morgan fingerprint density at radius 3 is 2.41 bits per heavy atom. The van der Waals surface area contributed by atoms with Crippen molar-refractivity contribution in [2.75, 3.05) is 39.8 Å². The van der Waals surface area contributed by atoms with Crippen LogP contribution in [0.15, 0.2) is 0 Å². The van der Waals surface area contributed by atoms with Crippen LogP contribution in [-0.4, -0.2) is 55.5 Å². The summed E-state index contributed by atoms with van der Waals surface area (Å²) in [4.78, 5) is 16.4. The Morgan fingerprint density at radius 1 is 1.35 bits per heavy atom. The van der Waals surface area contributed by atoms with Crippen molar-refractivity contribution in [3.05, 3.63) is 0 Å². The number of likely N-dealkylation sites (N-methyl/N-ethyl adjacent to an activating group) is 1. The van der Waals surface area contributed by atoms with Crippen LogP contribution in [0.4, 0.5) is 0 Å². The standard InChI is InChI=1S/C13H27N3O/c1-11(2)12(10-14)13(17)15(3)8-9-16-6-4-5-7-16/h11-12H,4-10,14H2,1-3H3. The third kappa shape index (κ3) is 4.28. The number of amides is 1. The van der Waals surface area contributed by atoms with Gasteiger partial charge >= 0.3 is 0 Å². The zero-order chi connectivity index (χ0) is 12.8. The lowest BCUT2D eigenvalue weighted by Crippen LogP contribution is -2.42. The third-order valence-electron chi connectivity index (χ3n) is 3.70. The summed E-state index contributed by atoms with van der Waals surface area (Å²) in [6, 6.07) is 0. The van der Waals surface area contributed by atoms with Crippen molar-refractivity contribution >= 4 is 5.91 Å². The molecule has 0 aromatic heterocycles. The summed E-state index contributed by atoms with van der Waals surface area (Å²) in [5.41, 5.74) is 5.67. The molecular formula is C13H27N3O. The predicted octanol–water partition coefficient (Wildman–Crippen LogP) is 0.772. The molecule has 4 nitrogen and oxygen atoms in total. The van der Waals surface area contributed by atoms with Crippen LogP contribution in [0.5, 0.6) is 0 Å². The van der Waals surface area contributed by atoms with Crippen LogP contribution in [0.25, 0.3) is 0 Å². The van der Waals surface area contributed by atoms with Gasteiger partial charge in [0.25, 0.3) is 0 Å². The van der Waals surface area contributed by atoms with E-state index in [-0.39, 0.29) is 11.8 Å². The van der Waals surface area contributed by atoms with Gasteiger partial charge in [0.05, 0.1) is 5.92 Å². The molecule has 0 radical (unpaired) electrons. The van der Waals surface area contributed by atoms with Gasteiger partial charge in [-0.2, -0.15) is 0 Å². The number of carbonyl (C=O) groups is 1. The molecule has 1 aliphatic heterocycles. The Hall–Kier alpha value is -0.610. The van der Waals surface area contributed by atoms with Crippen molar-refractivity contribution in [3.63, 3.8) is 0 Å². The van der Waals surface area contributed by atoms with Gasteiger partial charge in [-0.05, 0) is 31.8 Å². The van der Waals surface area contributed by atoms with Crippen LogP contribution in [0, 0.1) is 11.8 Å². The van der Waals surface area contributed by atoms with Crippen molar-refractivity contribution < 1.29 is 4.79 Å². The van der Waals surface area contributed by atoms with Crippen LogP contribution in [0.1, 0.15) is 26.7 Å². The second kappa shape index (κ2) is 6.97. The quantitative estimate of drug-likeness (QED) is 0.747. The second-order valence-electron chi connectivity index (χ2n) is 5.39. The highest BCUT2D eigenvalue weighted by Gasteiger charge is 2.24. The SMILES string of the molecule is CC(C)C(CN)C(=O)N(C)CCN1CCCC1. The summed E-state index contributed by atoms with van der Waals surface area (Å²) in [5.74, 6) is 0.488. The molecule has 0 aliphatic carbocycles. The third-order valence-corrected chi connectivity index (χ3v) is 3.70. The highest BCUT2D eigenvalue weighted by atomic mass is 16.2. The van der Waals surface area contributed by atoms with Crippen LogP contribution in [-0.2, 0) is 4.79 Å². The Kier molecular flexibility index (Phi) is 5.92. The Bertz CT molecular complexity index is 237. The summed E-state index contributed by atoms with van der Waals surface area (Å²) in [7, 11) is 1.89. The summed E-state index contributed by atoms with van der Waals surface area (Å²) < 4.78 is 0. The Balaban J connectivity index is 2.34. The highest BCUT2D eigenvalue weighted by Crippen LogP contribution is 2.13. The first kappa shape index (κ1) is 14.5. The van der Waals surface area contributed by atoms with E-state index in [0.29, 0.717) is 12.5 Å². The molecule has 0 spiro atoms. The number of carbonyl (C=O) groups excluding carboxylic acids is 1. The summed E-state index contributed by atoms with van der Waals surface area (Å²) in [5, 5.41) is 0. The molecule has 1 atom stereocenters. The fraction of sp³-hybridized carbons (Fsp3) is 0.923. The monoisotopic (exact) mass is 241 g/mol. The average Bonchev–Trinajstić information content (AvgIpc) is 2.78. The zero-order valence-corrected chi connectivity index (χ0v) is 11.5. The molecule has 1 unspecified atom stereocenters. The molecule has 1 rings (SSSR count). The average molecular weight is 241 g/mol. The minimum Gasteiger partial charge on any atom is -0.344 e. The maximum absolute atomic E-state index is 12.1. The van der Waals surface area contributed by atoms with Crippen LogP contribution in [0.2, 0.25) is 0 Å². The van der Waals surface area contributed by atoms with Crippen molar-refractivity contribution in [2.45, 2.75) is 26.7 Å². The van der Waals surface area contributed by atoms with Crippen molar-refractivity contribution in [2.24, 2.45) is 17.6 Å². The molecule has 0 aromatic rings. The van der Waals surface area contributed by atoms with Gasteiger partial charge in [0.2, 0.25) is 5.91 Å². The lowest BCUT2D eigenvalue weighted by atomic mass is 9.94. The van der Waals surface area contributed by atoms with E-state index in [4.69, 9.17) is 5.73 Å². The van der Waals surface area contributed by atoms with Crippen molar-refractivity contribution in [1.82, 2.24) is 9.80 Å².